The van der Waals surface area contributed by atoms with Crippen molar-refractivity contribution in [3.05, 3.63) is 61.3 Å². The van der Waals surface area contributed by atoms with Gasteiger partial charge < -0.3 is 10.2 Å². The van der Waals surface area contributed by atoms with Crippen LogP contribution in [0.4, 0.5) is 5.69 Å². The number of nitrogens with one attached hydrogen (secondary N) is 1. The van der Waals surface area contributed by atoms with Crippen molar-refractivity contribution in [1.82, 2.24) is 4.90 Å². The van der Waals surface area contributed by atoms with Crippen molar-refractivity contribution in [2.45, 2.75) is 71.8 Å². The van der Waals surface area contributed by atoms with Gasteiger partial charge in [0.25, 0.3) is 0 Å². The third kappa shape index (κ3) is 6.74. The van der Waals surface area contributed by atoms with Crippen LogP contribution >= 0.6 is 0 Å². The number of hydrogen-bond acceptors (Lipinski definition) is 2. The average Bonchev–Trinajstić information content (AvgIpc) is 2.63. The molecule has 1 aromatic carbocycles. The Labute approximate surface area is 161 Å². The van der Waals surface area contributed by atoms with Crippen molar-refractivity contribution in [1.29, 1.82) is 0 Å². The maximum Gasteiger partial charge on any atom is 0.0412 e. The lowest BCUT2D eigenvalue weighted by atomic mass is 10.0. The molecule has 0 bridgehead atoms. The van der Waals surface area contributed by atoms with E-state index in [1.54, 1.807) is 0 Å². The Bertz CT molecular complexity index is 574. The molecule has 2 heteroatoms. The average molecular weight is 355 g/mol. The Hall–Kier alpha value is -1.96. The Morgan fingerprint density at radius 3 is 2.58 bits per heavy atom. The van der Waals surface area contributed by atoms with Crippen molar-refractivity contribution in [3.63, 3.8) is 0 Å². The Morgan fingerprint density at radius 1 is 1.19 bits per heavy atom. The molecule has 1 atom stereocenters. The maximum absolute atomic E-state index is 4.36. The minimum absolute atomic E-state index is 0.414. The van der Waals surface area contributed by atoms with Gasteiger partial charge in [-0.3, -0.25) is 0 Å². The third-order valence-corrected chi connectivity index (χ3v) is 4.98. The largest absolute Gasteiger partial charge is 0.385 e. The molecule has 0 aliphatic heterocycles. The van der Waals surface area contributed by atoms with Crippen molar-refractivity contribution in [2.75, 3.05) is 11.9 Å². The van der Waals surface area contributed by atoms with E-state index >= 15 is 0 Å². The molecule has 0 saturated heterocycles. The van der Waals surface area contributed by atoms with Crippen LogP contribution in [0.25, 0.3) is 5.70 Å². The number of benzene rings is 1. The van der Waals surface area contributed by atoms with E-state index in [1.165, 1.54) is 42.5 Å². The molecule has 1 aromatic rings. The summed E-state index contributed by atoms with van der Waals surface area (Å²) >= 11 is 0. The topological polar surface area (TPSA) is 15.3 Å². The summed E-state index contributed by atoms with van der Waals surface area (Å²) in [5, 5.41) is 3.60. The molecular formula is C24H38N2. The van der Waals surface area contributed by atoms with E-state index in [4.69, 9.17) is 0 Å². The summed E-state index contributed by atoms with van der Waals surface area (Å²) in [4.78, 5) is 2.20. The fourth-order valence-electron chi connectivity index (χ4n) is 3.38. The lowest BCUT2D eigenvalue weighted by Crippen LogP contribution is -2.26. The standard InChI is InChI=1S/C24H38N2/c1-7-10-11-12-13-14-19-25-24-18-15-17-23(21(24)5)22(6)26(9-3)20(4)16-8-2/h7,9,15,17-18,20,25H,1,3,6,8,10-14,16,19H2,2,4-5H3. The highest BCUT2D eigenvalue weighted by atomic mass is 15.1. The van der Waals surface area contributed by atoms with Gasteiger partial charge >= 0.3 is 0 Å². The van der Waals surface area contributed by atoms with Crippen LogP contribution < -0.4 is 5.32 Å². The fourth-order valence-corrected chi connectivity index (χ4v) is 3.38. The summed E-state index contributed by atoms with van der Waals surface area (Å²) in [5.41, 5.74) is 4.71. The summed E-state index contributed by atoms with van der Waals surface area (Å²) in [6.45, 7) is 19.8. The summed E-state index contributed by atoms with van der Waals surface area (Å²) < 4.78 is 0. The highest BCUT2D eigenvalue weighted by Crippen LogP contribution is 2.28. The number of rotatable bonds is 14. The van der Waals surface area contributed by atoms with Gasteiger partial charge in [0.15, 0.2) is 0 Å². The minimum Gasteiger partial charge on any atom is -0.385 e. The van der Waals surface area contributed by atoms with Gasteiger partial charge in [0, 0.05) is 29.5 Å². The second-order valence-corrected chi connectivity index (χ2v) is 7.07. The van der Waals surface area contributed by atoms with E-state index in [0.717, 1.165) is 31.5 Å². The van der Waals surface area contributed by atoms with Crippen LogP contribution in [-0.2, 0) is 0 Å². The monoisotopic (exact) mass is 354 g/mol. The number of allylic oxidation sites excluding steroid dienone is 1. The molecule has 2 nitrogen and oxygen atoms in total. The second kappa shape index (κ2) is 12.4. The number of anilines is 1. The summed E-state index contributed by atoms with van der Waals surface area (Å²) in [5.74, 6) is 0. The molecule has 0 aliphatic rings. The van der Waals surface area contributed by atoms with E-state index in [0.29, 0.717) is 6.04 Å². The molecule has 0 aliphatic carbocycles. The summed E-state index contributed by atoms with van der Waals surface area (Å²) in [6.07, 6.45) is 12.4. The molecule has 0 spiro atoms. The maximum atomic E-state index is 4.36. The molecule has 1 N–H and O–H groups in total. The molecule has 26 heavy (non-hydrogen) atoms. The van der Waals surface area contributed by atoms with Crippen LogP contribution in [0.1, 0.15) is 69.9 Å². The van der Waals surface area contributed by atoms with Crippen molar-refractivity contribution < 1.29 is 0 Å². The van der Waals surface area contributed by atoms with E-state index in [1.807, 2.05) is 12.3 Å². The quantitative estimate of drug-likeness (QED) is 0.282. The van der Waals surface area contributed by atoms with Crippen molar-refractivity contribution in [2.24, 2.45) is 0 Å². The molecule has 0 fully saturated rings. The molecule has 144 valence electrons. The number of hydrogen-bond donors (Lipinski definition) is 1. The zero-order valence-electron chi connectivity index (χ0n) is 17.2. The van der Waals surface area contributed by atoms with Crippen LogP contribution in [-0.4, -0.2) is 17.5 Å². The molecule has 0 heterocycles. The first-order chi connectivity index (χ1) is 12.6. The van der Waals surface area contributed by atoms with Gasteiger partial charge in [-0.15, -0.1) is 6.58 Å². The first-order valence-corrected chi connectivity index (χ1v) is 10.1. The number of unbranched alkanes of at least 4 members (excludes halogenated alkanes) is 4. The van der Waals surface area contributed by atoms with Crippen LogP contribution in [0.15, 0.2) is 50.2 Å². The van der Waals surface area contributed by atoms with Gasteiger partial charge in [-0.05, 0) is 57.4 Å². The smallest absolute Gasteiger partial charge is 0.0412 e. The summed E-state index contributed by atoms with van der Waals surface area (Å²) in [7, 11) is 0. The van der Waals surface area contributed by atoms with Gasteiger partial charge in [-0.25, -0.2) is 0 Å². The predicted molar refractivity (Wildman–Crippen MR) is 118 cm³/mol. The zero-order valence-corrected chi connectivity index (χ0v) is 17.2. The highest BCUT2D eigenvalue weighted by Gasteiger charge is 2.16. The lowest BCUT2D eigenvalue weighted by Gasteiger charge is -2.30. The first-order valence-electron chi connectivity index (χ1n) is 10.1. The van der Waals surface area contributed by atoms with Crippen LogP contribution in [0, 0.1) is 6.92 Å². The molecule has 0 radical (unpaired) electrons. The Kier molecular flexibility index (Phi) is 10.5. The van der Waals surface area contributed by atoms with Gasteiger partial charge in [0.05, 0.1) is 0 Å². The minimum atomic E-state index is 0.414. The third-order valence-electron chi connectivity index (χ3n) is 4.98. The van der Waals surface area contributed by atoms with Crippen molar-refractivity contribution >= 4 is 11.4 Å². The first kappa shape index (κ1) is 22.1. The molecule has 0 amide bonds. The number of nitrogens with zero attached hydrogens (tertiary/aromatic N) is 1. The van der Waals surface area contributed by atoms with Gasteiger partial charge in [0.1, 0.15) is 0 Å². The molecule has 0 aromatic heterocycles. The normalized spacial score (nSPS) is 11.7. The van der Waals surface area contributed by atoms with Crippen LogP contribution in [0.5, 0.6) is 0 Å². The van der Waals surface area contributed by atoms with E-state index in [9.17, 15) is 0 Å². The second-order valence-electron chi connectivity index (χ2n) is 7.07. The predicted octanol–water partition coefficient (Wildman–Crippen LogP) is 7.15. The van der Waals surface area contributed by atoms with Crippen molar-refractivity contribution in [3.8, 4) is 0 Å². The highest BCUT2D eigenvalue weighted by molar-refractivity contribution is 5.71. The lowest BCUT2D eigenvalue weighted by molar-refractivity contribution is 0.384. The fraction of sp³-hybridized carbons (Fsp3) is 0.500. The van der Waals surface area contributed by atoms with Crippen LogP contribution in [0.2, 0.25) is 0 Å². The Balaban J connectivity index is 2.68. The van der Waals surface area contributed by atoms with Gasteiger partial charge in [-0.1, -0.05) is 57.6 Å². The van der Waals surface area contributed by atoms with E-state index in [2.05, 4.69) is 68.9 Å². The van der Waals surface area contributed by atoms with Gasteiger partial charge in [-0.2, -0.15) is 0 Å². The summed E-state index contributed by atoms with van der Waals surface area (Å²) in [6, 6.07) is 6.85. The van der Waals surface area contributed by atoms with Crippen LogP contribution in [0.3, 0.4) is 0 Å². The van der Waals surface area contributed by atoms with Gasteiger partial charge in [0.2, 0.25) is 0 Å². The molecular weight excluding hydrogens is 316 g/mol. The molecule has 1 rings (SSSR count). The zero-order chi connectivity index (χ0) is 19.4. The molecule has 0 saturated carbocycles. The van der Waals surface area contributed by atoms with E-state index < -0.39 is 0 Å². The Morgan fingerprint density at radius 2 is 1.92 bits per heavy atom. The molecule has 1 unspecified atom stereocenters. The van der Waals surface area contributed by atoms with E-state index in [-0.39, 0.29) is 0 Å². The SMILES string of the molecule is C=CCCCCCCNc1cccc(C(=C)N(C=C)C(C)CCC)c1C.